The predicted octanol–water partition coefficient (Wildman–Crippen LogP) is 4.20. The van der Waals surface area contributed by atoms with Gasteiger partial charge in [-0.15, -0.1) is 11.3 Å². The van der Waals surface area contributed by atoms with Gasteiger partial charge in [0.25, 0.3) is 5.56 Å². The van der Waals surface area contributed by atoms with Crippen LogP contribution < -0.4 is 11.3 Å². The molecule has 2 aromatic carbocycles. The second-order valence-corrected chi connectivity index (χ2v) is 12.1. The summed E-state index contributed by atoms with van der Waals surface area (Å²) < 4.78 is 7.92. The van der Waals surface area contributed by atoms with E-state index in [1.54, 1.807) is 28.6 Å². The van der Waals surface area contributed by atoms with Crippen LogP contribution in [-0.4, -0.2) is 59.1 Å². The summed E-state index contributed by atoms with van der Waals surface area (Å²) in [6, 6.07) is 13.4. The Balaban J connectivity index is 1.13. The summed E-state index contributed by atoms with van der Waals surface area (Å²) in [6.07, 6.45) is 3.50. The lowest BCUT2D eigenvalue weighted by atomic mass is 9.91. The molecule has 0 radical (unpaired) electrons. The summed E-state index contributed by atoms with van der Waals surface area (Å²) in [7, 11) is 1.76. The van der Waals surface area contributed by atoms with Crippen LogP contribution in [0.4, 0.5) is 4.79 Å². The monoisotopic (exact) mass is 619 g/mol. The number of likely N-dealkylation sites (tertiary alicyclic amines) is 1. The summed E-state index contributed by atoms with van der Waals surface area (Å²) in [4.78, 5) is 36.4. The van der Waals surface area contributed by atoms with Crippen molar-refractivity contribution >= 4 is 40.1 Å². The Bertz CT molecular complexity index is 1830. The first-order chi connectivity index (χ1) is 20.7. The molecule has 4 heterocycles. The molecule has 11 nitrogen and oxygen atoms in total. The van der Waals surface area contributed by atoms with E-state index in [2.05, 4.69) is 26.0 Å². The Morgan fingerprint density at radius 1 is 1.14 bits per heavy atom. The lowest BCUT2D eigenvalue weighted by Gasteiger charge is -2.38. The summed E-state index contributed by atoms with van der Waals surface area (Å²) in [5, 5.41) is 16.6. The molecular weight excluding hydrogens is 590 g/mol. The molecule has 1 fully saturated rings. The third-order valence-electron chi connectivity index (χ3n) is 7.84. The fourth-order valence-electron chi connectivity index (χ4n) is 5.48. The number of halogens is 1. The molecule has 6 rings (SSSR count). The van der Waals surface area contributed by atoms with Crippen molar-refractivity contribution in [3.8, 4) is 21.7 Å². The van der Waals surface area contributed by atoms with Crippen molar-refractivity contribution in [1.82, 2.24) is 29.2 Å². The Labute approximate surface area is 256 Å². The molecule has 222 valence electrons. The number of aryl methyl sites for hydroxylation is 1. The van der Waals surface area contributed by atoms with E-state index in [1.165, 1.54) is 10.9 Å². The lowest BCUT2D eigenvalue weighted by Crippen LogP contribution is -2.47. The van der Waals surface area contributed by atoms with Crippen LogP contribution >= 0.6 is 22.9 Å². The van der Waals surface area contributed by atoms with Gasteiger partial charge in [-0.05, 0) is 35.6 Å². The van der Waals surface area contributed by atoms with Gasteiger partial charge in [0.1, 0.15) is 12.1 Å². The number of amides is 1. The van der Waals surface area contributed by atoms with Crippen LogP contribution in [0.5, 0.6) is 0 Å². The van der Waals surface area contributed by atoms with E-state index in [1.807, 2.05) is 42.6 Å². The summed E-state index contributed by atoms with van der Waals surface area (Å²) in [5.74, 6) is 0. The topological polar surface area (TPSA) is 141 Å². The highest BCUT2D eigenvalue weighted by molar-refractivity contribution is 7.13. The average molecular weight is 620 g/mol. The third kappa shape index (κ3) is 6.18. The minimum atomic E-state index is -1.05. The first kappa shape index (κ1) is 29.0. The molecular formula is C30H30ClN7O4S. The number of nitrogens with two attached hydrogens (primary N) is 1. The molecule has 3 aromatic heterocycles. The van der Waals surface area contributed by atoms with E-state index in [-0.39, 0.29) is 24.2 Å². The minimum absolute atomic E-state index is 0.0697. The first-order valence-corrected chi connectivity index (χ1v) is 15.0. The zero-order valence-corrected chi connectivity index (χ0v) is 25.0. The van der Waals surface area contributed by atoms with Crippen molar-refractivity contribution in [2.45, 2.75) is 38.1 Å². The zero-order valence-electron chi connectivity index (χ0n) is 23.4. The molecule has 1 aliphatic heterocycles. The van der Waals surface area contributed by atoms with Crippen molar-refractivity contribution < 1.29 is 14.6 Å². The second-order valence-electron chi connectivity index (χ2n) is 10.8. The van der Waals surface area contributed by atoms with Crippen LogP contribution in [0.25, 0.3) is 32.7 Å². The Morgan fingerprint density at radius 3 is 2.56 bits per heavy atom. The van der Waals surface area contributed by atoms with Gasteiger partial charge in [0.15, 0.2) is 5.52 Å². The number of ether oxygens (including phenoxy) is 1. The van der Waals surface area contributed by atoms with E-state index in [4.69, 9.17) is 22.1 Å². The van der Waals surface area contributed by atoms with E-state index in [9.17, 15) is 14.7 Å². The van der Waals surface area contributed by atoms with Gasteiger partial charge in [0.05, 0.1) is 34.6 Å². The van der Waals surface area contributed by atoms with Crippen LogP contribution in [0.15, 0.2) is 65.3 Å². The largest absolute Gasteiger partial charge is 0.445 e. The number of aromatic nitrogens is 5. The average Bonchev–Trinajstić information content (AvgIpc) is 3.65. The first-order valence-electron chi connectivity index (χ1n) is 13.7. The van der Waals surface area contributed by atoms with Gasteiger partial charge in [0.2, 0.25) is 0 Å². The number of hydrogen-bond donors (Lipinski definition) is 2. The molecule has 3 N–H and O–H groups in total. The smallest absolute Gasteiger partial charge is 0.404 e. The number of aliphatic hydroxyl groups is 1. The zero-order chi connectivity index (χ0) is 30.1. The third-order valence-corrected chi connectivity index (χ3v) is 9.01. The van der Waals surface area contributed by atoms with Crippen molar-refractivity contribution in [3.05, 3.63) is 87.0 Å². The Morgan fingerprint density at radius 2 is 1.88 bits per heavy atom. The molecule has 0 aliphatic carbocycles. The van der Waals surface area contributed by atoms with Crippen LogP contribution in [0.1, 0.15) is 24.0 Å². The standard InChI is InChI=1S/C30H30ClN7O4S/c1-36-27(20-4-2-19(3-5-20)15-42-29(32)40)25-26(35-36)28(39)38(17-34-25)16-30(41)8-10-37(11-9-30)14-22-7-6-21(12-23(22)31)24-13-33-18-43-24/h2-7,12-13,17-18,41H,8-11,14-16H2,1H3,(H2,32,40). The maximum absolute atomic E-state index is 13.4. The van der Waals surface area contributed by atoms with Gasteiger partial charge < -0.3 is 15.6 Å². The van der Waals surface area contributed by atoms with Crippen molar-refractivity contribution in [3.63, 3.8) is 0 Å². The maximum atomic E-state index is 13.4. The van der Waals surface area contributed by atoms with Gasteiger partial charge in [-0.2, -0.15) is 5.10 Å². The maximum Gasteiger partial charge on any atom is 0.404 e. The Hall–Kier alpha value is -4.10. The highest BCUT2D eigenvalue weighted by Crippen LogP contribution is 2.31. The summed E-state index contributed by atoms with van der Waals surface area (Å²) in [6.45, 7) is 2.22. The number of benzene rings is 2. The van der Waals surface area contributed by atoms with Crippen molar-refractivity contribution in [1.29, 1.82) is 0 Å². The molecule has 0 spiro atoms. The van der Waals surface area contributed by atoms with Gasteiger partial charge in [-0.1, -0.05) is 48.0 Å². The normalized spacial score (nSPS) is 15.1. The van der Waals surface area contributed by atoms with Crippen LogP contribution in [0.2, 0.25) is 5.02 Å². The second kappa shape index (κ2) is 11.9. The van der Waals surface area contributed by atoms with E-state index < -0.39 is 11.7 Å². The quantitative estimate of drug-likeness (QED) is 0.263. The van der Waals surface area contributed by atoms with Crippen LogP contribution in [-0.2, 0) is 31.5 Å². The van der Waals surface area contributed by atoms with Crippen LogP contribution in [0.3, 0.4) is 0 Å². The number of thiazole rings is 1. The molecule has 0 atom stereocenters. The van der Waals surface area contributed by atoms with E-state index in [0.717, 1.165) is 27.1 Å². The number of nitrogens with zero attached hydrogens (tertiary/aromatic N) is 6. The molecule has 0 unspecified atom stereocenters. The molecule has 43 heavy (non-hydrogen) atoms. The van der Waals surface area contributed by atoms with Gasteiger partial charge in [0, 0.05) is 43.5 Å². The lowest BCUT2D eigenvalue weighted by molar-refractivity contribution is -0.0364. The number of rotatable bonds is 8. The SMILES string of the molecule is Cn1nc2c(=O)n(CC3(O)CCN(Cc4ccc(-c5cncs5)cc4Cl)CC3)cnc2c1-c1ccc(COC(N)=O)cc1. The van der Waals surface area contributed by atoms with Gasteiger partial charge >= 0.3 is 6.09 Å². The van der Waals surface area contributed by atoms with Gasteiger partial charge in [-0.3, -0.25) is 23.9 Å². The molecule has 0 bridgehead atoms. The summed E-state index contributed by atoms with van der Waals surface area (Å²) in [5.41, 5.74) is 10.6. The fraction of sp³-hybridized carbons (Fsp3) is 0.300. The molecule has 1 amide bonds. The highest BCUT2D eigenvalue weighted by Gasteiger charge is 2.33. The number of fused-ring (bicyclic) bond motifs is 1. The molecule has 1 saturated heterocycles. The molecule has 13 heteroatoms. The number of hydrogen-bond acceptors (Lipinski definition) is 9. The number of carbonyl (C=O) groups is 1. The molecule has 0 saturated carbocycles. The van der Waals surface area contributed by atoms with Gasteiger partial charge in [-0.25, -0.2) is 9.78 Å². The fourth-order valence-corrected chi connectivity index (χ4v) is 6.34. The number of carbonyl (C=O) groups excluding carboxylic acids is 1. The van der Waals surface area contributed by atoms with Crippen molar-refractivity contribution in [2.24, 2.45) is 12.8 Å². The predicted molar refractivity (Wildman–Crippen MR) is 165 cm³/mol. The van der Waals surface area contributed by atoms with E-state index >= 15 is 0 Å². The summed E-state index contributed by atoms with van der Waals surface area (Å²) >= 11 is 8.18. The Kier molecular flexibility index (Phi) is 8.01. The van der Waals surface area contributed by atoms with Crippen molar-refractivity contribution in [2.75, 3.05) is 13.1 Å². The van der Waals surface area contributed by atoms with E-state index in [0.29, 0.717) is 48.7 Å². The molecule has 1 aliphatic rings. The number of primary amides is 1. The van der Waals surface area contributed by atoms with Crippen LogP contribution in [0, 0.1) is 0 Å². The molecule has 5 aromatic rings. The highest BCUT2D eigenvalue weighted by atomic mass is 35.5. The number of piperidine rings is 1. The minimum Gasteiger partial charge on any atom is -0.445 e.